The fourth-order valence-corrected chi connectivity index (χ4v) is 4.00. The van der Waals surface area contributed by atoms with Crippen molar-refractivity contribution in [2.75, 3.05) is 12.7 Å². The highest BCUT2D eigenvalue weighted by Gasteiger charge is 2.11. The Morgan fingerprint density at radius 2 is 1.57 bits per heavy atom. The third-order valence-electron chi connectivity index (χ3n) is 5.04. The summed E-state index contributed by atoms with van der Waals surface area (Å²) in [5.74, 6) is 0. The van der Waals surface area contributed by atoms with E-state index in [-0.39, 0.29) is 6.16 Å². The van der Waals surface area contributed by atoms with Gasteiger partial charge in [-0.1, -0.05) is 61.4 Å². The molecule has 0 aliphatic rings. The lowest BCUT2D eigenvalue weighted by Gasteiger charge is -2.10. The van der Waals surface area contributed by atoms with Gasteiger partial charge in [-0.25, -0.2) is 0 Å². The minimum atomic E-state index is -3.87. The summed E-state index contributed by atoms with van der Waals surface area (Å²) < 4.78 is 10.8. The SMILES string of the molecule is Cc1cc(CNCCCP(=O)(O)O)ccc1CCCCCCc1ccccc1. The molecule has 3 N–H and O–H groups in total. The lowest BCUT2D eigenvalue weighted by Crippen LogP contribution is -2.16. The van der Waals surface area contributed by atoms with E-state index in [0.717, 1.165) is 13.0 Å². The first-order chi connectivity index (χ1) is 13.4. The topological polar surface area (TPSA) is 69.6 Å². The molecule has 2 rings (SSSR count). The first-order valence-electron chi connectivity index (χ1n) is 10.3. The van der Waals surface area contributed by atoms with Crippen LogP contribution in [0.1, 0.15) is 54.4 Å². The van der Waals surface area contributed by atoms with Crippen LogP contribution >= 0.6 is 7.60 Å². The van der Waals surface area contributed by atoms with Crippen LogP contribution < -0.4 is 5.32 Å². The lowest BCUT2D eigenvalue weighted by atomic mass is 9.99. The highest BCUT2D eigenvalue weighted by atomic mass is 31.2. The molecule has 0 fully saturated rings. The predicted octanol–water partition coefficient (Wildman–Crippen LogP) is 5.00. The van der Waals surface area contributed by atoms with Crippen molar-refractivity contribution in [1.82, 2.24) is 5.32 Å². The van der Waals surface area contributed by atoms with Gasteiger partial charge < -0.3 is 15.1 Å². The molecule has 0 aromatic heterocycles. The van der Waals surface area contributed by atoms with E-state index < -0.39 is 7.60 Å². The highest BCUT2D eigenvalue weighted by molar-refractivity contribution is 7.51. The molecule has 154 valence electrons. The number of nitrogens with one attached hydrogen (secondary N) is 1. The Morgan fingerprint density at radius 3 is 2.25 bits per heavy atom. The number of hydrogen-bond donors (Lipinski definition) is 3. The second kappa shape index (κ2) is 12.2. The van der Waals surface area contributed by atoms with Crippen molar-refractivity contribution in [3.8, 4) is 0 Å². The normalized spacial score (nSPS) is 11.7. The number of rotatable bonds is 13. The summed E-state index contributed by atoms with van der Waals surface area (Å²) in [6, 6.07) is 17.3. The van der Waals surface area contributed by atoms with Crippen molar-refractivity contribution in [3.63, 3.8) is 0 Å². The fourth-order valence-electron chi connectivity index (χ4n) is 3.43. The van der Waals surface area contributed by atoms with Crippen LogP contribution in [0.2, 0.25) is 0 Å². The summed E-state index contributed by atoms with van der Waals surface area (Å²) in [5, 5.41) is 3.26. The lowest BCUT2D eigenvalue weighted by molar-refractivity contribution is 0.371. The molecular formula is C23H34NO3P. The summed E-state index contributed by atoms with van der Waals surface area (Å²) in [6.07, 6.45) is 7.79. The summed E-state index contributed by atoms with van der Waals surface area (Å²) in [7, 11) is -3.87. The van der Waals surface area contributed by atoms with Crippen molar-refractivity contribution in [1.29, 1.82) is 0 Å². The van der Waals surface area contributed by atoms with Gasteiger partial charge in [0.25, 0.3) is 0 Å². The third-order valence-corrected chi connectivity index (χ3v) is 5.94. The molecule has 0 radical (unpaired) electrons. The van der Waals surface area contributed by atoms with Crippen LogP contribution in [0.4, 0.5) is 0 Å². The van der Waals surface area contributed by atoms with Crippen LogP contribution in [0.3, 0.4) is 0 Å². The Bertz CT molecular complexity index is 743. The minimum Gasteiger partial charge on any atom is -0.324 e. The van der Waals surface area contributed by atoms with Crippen molar-refractivity contribution in [2.24, 2.45) is 0 Å². The first kappa shape index (κ1) is 22.8. The molecule has 0 atom stereocenters. The third kappa shape index (κ3) is 9.66. The van der Waals surface area contributed by atoms with Crippen LogP contribution in [-0.2, 0) is 24.0 Å². The Kier molecular flexibility index (Phi) is 9.94. The molecule has 0 saturated carbocycles. The maximum Gasteiger partial charge on any atom is 0.325 e. The molecule has 2 aromatic rings. The zero-order valence-electron chi connectivity index (χ0n) is 16.9. The maximum absolute atomic E-state index is 10.8. The van der Waals surface area contributed by atoms with E-state index in [0.29, 0.717) is 13.0 Å². The van der Waals surface area contributed by atoms with E-state index in [2.05, 4.69) is 60.8 Å². The summed E-state index contributed by atoms with van der Waals surface area (Å²) in [6.45, 7) is 3.53. The molecule has 0 aliphatic heterocycles. The van der Waals surface area contributed by atoms with Crippen molar-refractivity contribution >= 4 is 7.60 Å². The molecule has 0 spiro atoms. The molecule has 2 aromatic carbocycles. The molecule has 5 heteroatoms. The average molecular weight is 404 g/mol. The van der Waals surface area contributed by atoms with Gasteiger partial charge in [-0.15, -0.1) is 0 Å². The molecule has 0 aliphatic carbocycles. The zero-order chi connectivity index (χ0) is 20.2. The Labute approximate surface area is 169 Å². The van der Waals surface area contributed by atoms with Crippen LogP contribution in [0, 0.1) is 6.92 Å². The quantitative estimate of drug-likeness (QED) is 0.325. The van der Waals surface area contributed by atoms with Crippen LogP contribution in [-0.4, -0.2) is 22.5 Å². The second-order valence-corrected chi connectivity index (χ2v) is 9.36. The summed E-state index contributed by atoms with van der Waals surface area (Å²) >= 11 is 0. The van der Waals surface area contributed by atoms with E-state index in [1.807, 2.05) is 0 Å². The predicted molar refractivity (Wildman–Crippen MR) is 117 cm³/mol. The zero-order valence-corrected chi connectivity index (χ0v) is 17.8. The largest absolute Gasteiger partial charge is 0.325 e. The minimum absolute atomic E-state index is 0.0523. The Balaban J connectivity index is 1.60. The summed E-state index contributed by atoms with van der Waals surface area (Å²) in [5.41, 5.74) is 5.41. The van der Waals surface area contributed by atoms with E-state index in [4.69, 9.17) is 9.79 Å². The fraction of sp³-hybridized carbons (Fsp3) is 0.478. The van der Waals surface area contributed by atoms with Crippen molar-refractivity contribution < 1.29 is 14.4 Å². The molecule has 0 heterocycles. The Morgan fingerprint density at radius 1 is 0.857 bits per heavy atom. The first-order valence-corrected chi connectivity index (χ1v) is 12.1. The number of benzene rings is 2. The van der Waals surface area contributed by atoms with Gasteiger partial charge in [0.05, 0.1) is 6.16 Å². The van der Waals surface area contributed by atoms with Crippen LogP contribution in [0.5, 0.6) is 0 Å². The van der Waals surface area contributed by atoms with Gasteiger partial charge in [0, 0.05) is 6.54 Å². The molecule has 28 heavy (non-hydrogen) atoms. The van der Waals surface area contributed by atoms with Gasteiger partial charge in [-0.2, -0.15) is 0 Å². The van der Waals surface area contributed by atoms with E-state index in [1.54, 1.807) is 0 Å². The average Bonchev–Trinajstić information content (AvgIpc) is 2.65. The monoisotopic (exact) mass is 403 g/mol. The van der Waals surface area contributed by atoms with E-state index >= 15 is 0 Å². The van der Waals surface area contributed by atoms with Crippen molar-refractivity contribution in [2.45, 2.75) is 58.4 Å². The van der Waals surface area contributed by atoms with Gasteiger partial charge in [0.1, 0.15) is 0 Å². The van der Waals surface area contributed by atoms with Gasteiger partial charge in [0.15, 0.2) is 0 Å². The number of unbranched alkanes of at least 4 members (excludes halogenated alkanes) is 3. The molecule has 0 bridgehead atoms. The van der Waals surface area contributed by atoms with Crippen LogP contribution in [0.25, 0.3) is 0 Å². The van der Waals surface area contributed by atoms with Gasteiger partial charge in [-0.05, 0) is 67.8 Å². The van der Waals surface area contributed by atoms with Crippen LogP contribution in [0.15, 0.2) is 48.5 Å². The second-order valence-electron chi connectivity index (χ2n) is 7.58. The Hall–Kier alpha value is -1.45. The van der Waals surface area contributed by atoms with Gasteiger partial charge in [-0.3, -0.25) is 4.57 Å². The molecular weight excluding hydrogens is 369 g/mol. The van der Waals surface area contributed by atoms with Gasteiger partial charge >= 0.3 is 7.60 Å². The molecule has 0 amide bonds. The molecule has 4 nitrogen and oxygen atoms in total. The number of hydrogen-bond acceptors (Lipinski definition) is 2. The van der Waals surface area contributed by atoms with Crippen molar-refractivity contribution in [3.05, 3.63) is 70.8 Å². The molecule has 0 saturated heterocycles. The molecule has 0 unspecified atom stereocenters. The van der Waals surface area contributed by atoms with E-state index in [9.17, 15) is 4.57 Å². The number of aryl methyl sites for hydroxylation is 3. The maximum atomic E-state index is 10.8. The summed E-state index contributed by atoms with van der Waals surface area (Å²) in [4.78, 5) is 17.7. The standard InChI is InChI=1S/C23H34NO3P/c1-20-18-22(19-24-16-9-17-28(25,26)27)14-15-23(20)13-8-3-2-5-10-21-11-6-4-7-12-21/h4,6-7,11-12,14-15,18,24H,2-3,5,8-10,13,16-17,19H2,1H3,(H2,25,26,27). The smallest absolute Gasteiger partial charge is 0.324 e. The van der Waals surface area contributed by atoms with Gasteiger partial charge in [0.2, 0.25) is 0 Å². The van der Waals surface area contributed by atoms with E-state index in [1.165, 1.54) is 54.4 Å². The highest BCUT2D eigenvalue weighted by Crippen LogP contribution is 2.34.